The van der Waals surface area contributed by atoms with Crippen LogP contribution in [0.2, 0.25) is 0 Å². The fourth-order valence-electron chi connectivity index (χ4n) is 2.54. The first-order valence-electron chi connectivity index (χ1n) is 8.83. The summed E-state index contributed by atoms with van der Waals surface area (Å²) in [6, 6.07) is 6.40. The lowest BCUT2D eigenvalue weighted by atomic mass is 10.1. The Morgan fingerprint density at radius 2 is 1.92 bits per heavy atom. The lowest BCUT2D eigenvalue weighted by molar-refractivity contribution is 0.444. The van der Waals surface area contributed by atoms with Gasteiger partial charge in [0.25, 0.3) is 0 Å². The molecule has 1 aromatic carbocycles. The summed E-state index contributed by atoms with van der Waals surface area (Å²) in [5, 5.41) is 6.29. The summed E-state index contributed by atoms with van der Waals surface area (Å²) in [6.45, 7) is 4.68. The van der Waals surface area contributed by atoms with Crippen molar-refractivity contribution in [3.63, 3.8) is 0 Å². The average molecular weight is 403 g/mol. The van der Waals surface area contributed by atoms with Crippen LogP contribution in [0.4, 0.5) is 4.39 Å². The highest BCUT2D eigenvalue weighted by atomic mass is 32.2. The van der Waals surface area contributed by atoms with Crippen LogP contribution in [0.25, 0.3) is 0 Å². The van der Waals surface area contributed by atoms with Crippen LogP contribution in [0.1, 0.15) is 12.5 Å². The number of aliphatic imine (C=N–C) groups is 1. The smallest absolute Gasteiger partial charge is 0.215 e. The molecule has 0 aliphatic carbocycles. The SMILES string of the molecule is CCNC(=NCCS(=O)(=O)N1CCSCC1)NCCc1ccc(F)cc1. The second kappa shape index (κ2) is 10.7. The van der Waals surface area contributed by atoms with E-state index in [1.807, 2.05) is 6.92 Å². The molecule has 1 aromatic rings. The van der Waals surface area contributed by atoms with Gasteiger partial charge < -0.3 is 10.6 Å². The van der Waals surface area contributed by atoms with E-state index in [9.17, 15) is 12.8 Å². The first-order chi connectivity index (χ1) is 12.5. The first kappa shape index (κ1) is 21.0. The third kappa shape index (κ3) is 7.13. The lowest BCUT2D eigenvalue weighted by Crippen LogP contribution is -2.41. The van der Waals surface area contributed by atoms with Crippen molar-refractivity contribution < 1.29 is 12.8 Å². The van der Waals surface area contributed by atoms with Crippen LogP contribution in [0.5, 0.6) is 0 Å². The molecule has 0 radical (unpaired) electrons. The number of sulfonamides is 1. The number of benzene rings is 1. The second-order valence-electron chi connectivity index (χ2n) is 5.89. The molecule has 1 heterocycles. The summed E-state index contributed by atoms with van der Waals surface area (Å²) < 4.78 is 39.1. The highest BCUT2D eigenvalue weighted by Gasteiger charge is 2.23. The lowest BCUT2D eigenvalue weighted by Gasteiger charge is -2.25. The molecule has 1 fully saturated rings. The van der Waals surface area contributed by atoms with Gasteiger partial charge in [-0.2, -0.15) is 11.8 Å². The molecule has 0 spiro atoms. The van der Waals surface area contributed by atoms with E-state index in [1.165, 1.54) is 12.1 Å². The summed E-state index contributed by atoms with van der Waals surface area (Å²) in [7, 11) is -3.24. The normalized spacial score (nSPS) is 16.5. The van der Waals surface area contributed by atoms with Gasteiger partial charge in [0.05, 0.1) is 12.3 Å². The van der Waals surface area contributed by atoms with Crippen LogP contribution >= 0.6 is 11.8 Å². The zero-order valence-electron chi connectivity index (χ0n) is 15.1. The molecule has 1 aliphatic rings. The van der Waals surface area contributed by atoms with E-state index in [1.54, 1.807) is 28.2 Å². The van der Waals surface area contributed by atoms with Crippen LogP contribution < -0.4 is 10.6 Å². The minimum atomic E-state index is -3.24. The van der Waals surface area contributed by atoms with Gasteiger partial charge in [-0.3, -0.25) is 4.99 Å². The monoisotopic (exact) mass is 402 g/mol. The summed E-state index contributed by atoms with van der Waals surface area (Å²) in [4.78, 5) is 4.36. The highest BCUT2D eigenvalue weighted by Crippen LogP contribution is 2.13. The van der Waals surface area contributed by atoms with E-state index < -0.39 is 10.0 Å². The summed E-state index contributed by atoms with van der Waals surface area (Å²) in [5.74, 6) is 2.09. The third-order valence-electron chi connectivity index (χ3n) is 3.95. The molecule has 146 valence electrons. The molecule has 26 heavy (non-hydrogen) atoms. The molecule has 0 bridgehead atoms. The van der Waals surface area contributed by atoms with Crippen LogP contribution in [0, 0.1) is 5.82 Å². The van der Waals surface area contributed by atoms with Crippen molar-refractivity contribution in [2.45, 2.75) is 13.3 Å². The number of nitrogens with zero attached hydrogens (tertiary/aromatic N) is 2. The zero-order valence-corrected chi connectivity index (χ0v) is 16.7. The van der Waals surface area contributed by atoms with Gasteiger partial charge in [-0.05, 0) is 31.0 Å². The third-order valence-corrected chi connectivity index (χ3v) is 6.74. The minimum absolute atomic E-state index is 0.0200. The van der Waals surface area contributed by atoms with E-state index in [2.05, 4.69) is 15.6 Å². The molecule has 6 nitrogen and oxygen atoms in total. The van der Waals surface area contributed by atoms with Crippen LogP contribution in [-0.2, 0) is 16.4 Å². The summed E-state index contributed by atoms with van der Waals surface area (Å²) in [6.07, 6.45) is 0.731. The predicted octanol–water partition coefficient (Wildman–Crippen LogP) is 1.30. The van der Waals surface area contributed by atoms with Gasteiger partial charge >= 0.3 is 0 Å². The van der Waals surface area contributed by atoms with Crippen molar-refractivity contribution in [1.82, 2.24) is 14.9 Å². The van der Waals surface area contributed by atoms with Crippen LogP contribution in [-0.4, -0.2) is 68.7 Å². The van der Waals surface area contributed by atoms with E-state index in [0.717, 1.165) is 23.5 Å². The van der Waals surface area contributed by atoms with Crippen molar-refractivity contribution in [2.75, 3.05) is 50.0 Å². The fourth-order valence-corrected chi connectivity index (χ4v) is 5.00. The zero-order chi connectivity index (χ0) is 18.8. The number of halogens is 1. The Hall–Kier alpha value is -1.32. The first-order valence-corrected chi connectivity index (χ1v) is 11.6. The molecular formula is C17H27FN4O2S2. The summed E-state index contributed by atoms with van der Waals surface area (Å²) in [5.41, 5.74) is 1.03. The largest absolute Gasteiger partial charge is 0.357 e. The highest BCUT2D eigenvalue weighted by molar-refractivity contribution is 7.99. The fraction of sp³-hybridized carbons (Fsp3) is 0.588. The Balaban J connectivity index is 1.80. The molecular weight excluding hydrogens is 375 g/mol. The maximum absolute atomic E-state index is 12.9. The van der Waals surface area contributed by atoms with E-state index in [0.29, 0.717) is 32.1 Å². The topological polar surface area (TPSA) is 73.8 Å². The van der Waals surface area contributed by atoms with Crippen molar-refractivity contribution in [3.05, 3.63) is 35.6 Å². The van der Waals surface area contributed by atoms with Crippen molar-refractivity contribution in [1.29, 1.82) is 0 Å². The van der Waals surface area contributed by atoms with Crippen molar-refractivity contribution in [2.24, 2.45) is 4.99 Å². The molecule has 0 saturated carbocycles. The second-order valence-corrected chi connectivity index (χ2v) is 9.20. The van der Waals surface area contributed by atoms with Crippen LogP contribution in [0.3, 0.4) is 0 Å². The van der Waals surface area contributed by atoms with Crippen molar-refractivity contribution in [3.8, 4) is 0 Å². The van der Waals surface area contributed by atoms with E-state index in [-0.39, 0.29) is 18.1 Å². The number of thioether (sulfide) groups is 1. The molecule has 0 atom stereocenters. The van der Waals surface area contributed by atoms with Gasteiger partial charge in [0.2, 0.25) is 10.0 Å². The van der Waals surface area contributed by atoms with Gasteiger partial charge in [-0.25, -0.2) is 17.1 Å². The average Bonchev–Trinajstić information content (AvgIpc) is 2.64. The van der Waals surface area contributed by atoms with Gasteiger partial charge in [0, 0.05) is 37.7 Å². The molecule has 0 amide bonds. The van der Waals surface area contributed by atoms with Gasteiger partial charge in [0.15, 0.2) is 5.96 Å². The van der Waals surface area contributed by atoms with Gasteiger partial charge in [0.1, 0.15) is 5.82 Å². The van der Waals surface area contributed by atoms with Crippen LogP contribution in [0.15, 0.2) is 29.3 Å². The Morgan fingerprint density at radius 3 is 2.58 bits per heavy atom. The summed E-state index contributed by atoms with van der Waals surface area (Å²) >= 11 is 1.78. The molecule has 1 aliphatic heterocycles. The molecule has 2 N–H and O–H groups in total. The van der Waals surface area contributed by atoms with E-state index in [4.69, 9.17) is 0 Å². The standard InChI is InChI=1S/C17H27FN4O2S2/c1-2-19-17(20-8-7-15-3-5-16(18)6-4-15)21-9-14-26(23,24)22-10-12-25-13-11-22/h3-6H,2,7-14H2,1H3,(H2,19,20,21). The molecule has 0 aromatic heterocycles. The predicted molar refractivity (Wildman–Crippen MR) is 107 cm³/mol. The van der Waals surface area contributed by atoms with Gasteiger partial charge in [-0.15, -0.1) is 0 Å². The van der Waals surface area contributed by atoms with Gasteiger partial charge in [-0.1, -0.05) is 12.1 Å². The number of rotatable bonds is 8. The molecule has 0 unspecified atom stereocenters. The number of nitrogens with one attached hydrogen (secondary N) is 2. The Labute approximate surface area is 159 Å². The number of hydrogen-bond acceptors (Lipinski definition) is 4. The minimum Gasteiger partial charge on any atom is -0.357 e. The quantitative estimate of drug-likeness (QED) is 0.507. The maximum atomic E-state index is 12.9. The number of hydrogen-bond donors (Lipinski definition) is 2. The molecule has 1 saturated heterocycles. The number of guanidine groups is 1. The molecule has 2 rings (SSSR count). The van der Waals surface area contributed by atoms with Crippen molar-refractivity contribution >= 4 is 27.7 Å². The Bertz CT molecular complexity index is 675. The Morgan fingerprint density at radius 1 is 1.23 bits per heavy atom. The molecule has 9 heteroatoms. The maximum Gasteiger partial charge on any atom is 0.215 e. The Kier molecular flexibility index (Phi) is 8.67. The van der Waals surface area contributed by atoms with E-state index >= 15 is 0 Å².